The molecule has 0 atom stereocenters. The first-order valence-electron chi connectivity index (χ1n) is 5.19. The maximum absolute atomic E-state index is 11.3. The zero-order valence-electron chi connectivity index (χ0n) is 9.09. The van der Waals surface area contributed by atoms with E-state index in [1.807, 2.05) is 6.07 Å². The summed E-state index contributed by atoms with van der Waals surface area (Å²) < 4.78 is 27.5. The van der Waals surface area contributed by atoms with Gasteiger partial charge in [0.25, 0.3) is 0 Å². The van der Waals surface area contributed by atoms with Gasteiger partial charge in [-0.15, -0.1) is 5.10 Å². The molecule has 0 unspecified atom stereocenters. The van der Waals surface area contributed by atoms with Gasteiger partial charge in [0.2, 0.25) is 5.88 Å². The van der Waals surface area contributed by atoms with Gasteiger partial charge in [-0.2, -0.15) is 5.10 Å². The van der Waals surface area contributed by atoms with Crippen molar-refractivity contribution >= 4 is 9.84 Å². The summed E-state index contributed by atoms with van der Waals surface area (Å²) in [6, 6.07) is 3.61. The maximum atomic E-state index is 11.3. The van der Waals surface area contributed by atoms with E-state index in [1.54, 1.807) is 6.07 Å². The molecule has 0 aliphatic carbocycles. The summed E-state index contributed by atoms with van der Waals surface area (Å²) in [5.74, 6) is 1.20. The topological polar surface area (TPSA) is 69.2 Å². The van der Waals surface area contributed by atoms with Crippen molar-refractivity contribution < 1.29 is 13.2 Å². The lowest BCUT2D eigenvalue weighted by molar-refractivity contribution is 0.389. The SMILES string of the molecule is COc1ccc(C2CCS(=O)(=O)CC2)nn1. The summed E-state index contributed by atoms with van der Waals surface area (Å²) in [5.41, 5.74) is 0.857. The van der Waals surface area contributed by atoms with Gasteiger partial charge < -0.3 is 4.74 Å². The molecule has 0 radical (unpaired) electrons. The molecule has 2 rings (SSSR count). The first-order chi connectivity index (χ1) is 7.61. The van der Waals surface area contributed by atoms with Crippen LogP contribution >= 0.6 is 0 Å². The second-order valence-electron chi connectivity index (χ2n) is 3.93. The van der Waals surface area contributed by atoms with Crippen LogP contribution in [-0.2, 0) is 9.84 Å². The lowest BCUT2D eigenvalue weighted by atomic mass is 9.99. The zero-order valence-corrected chi connectivity index (χ0v) is 9.90. The minimum Gasteiger partial charge on any atom is -0.480 e. The third-order valence-electron chi connectivity index (χ3n) is 2.84. The molecule has 2 heterocycles. The Morgan fingerprint density at radius 3 is 2.44 bits per heavy atom. The van der Waals surface area contributed by atoms with Crippen LogP contribution in [0.3, 0.4) is 0 Å². The van der Waals surface area contributed by atoms with Gasteiger partial charge in [-0.25, -0.2) is 8.42 Å². The van der Waals surface area contributed by atoms with E-state index in [9.17, 15) is 8.42 Å². The van der Waals surface area contributed by atoms with Crippen molar-refractivity contribution in [2.75, 3.05) is 18.6 Å². The minimum absolute atomic E-state index is 0.210. The number of ether oxygens (including phenoxy) is 1. The van der Waals surface area contributed by atoms with Crippen molar-refractivity contribution in [3.05, 3.63) is 17.8 Å². The van der Waals surface area contributed by atoms with E-state index in [2.05, 4.69) is 10.2 Å². The Hall–Kier alpha value is -1.17. The van der Waals surface area contributed by atoms with E-state index in [4.69, 9.17) is 4.74 Å². The average molecular weight is 242 g/mol. The highest BCUT2D eigenvalue weighted by Gasteiger charge is 2.25. The molecule has 0 saturated carbocycles. The molecule has 0 spiro atoms. The van der Waals surface area contributed by atoms with Crippen LogP contribution in [0.15, 0.2) is 12.1 Å². The number of hydrogen-bond acceptors (Lipinski definition) is 5. The maximum Gasteiger partial charge on any atom is 0.233 e. The number of sulfone groups is 1. The summed E-state index contributed by atoms with van der Waals surface area (Å²) >= 11 is 0. The fraction of sp³-hybridized carbons (Fsp3) is 0.600. The van der Waals surface area contributed by atoms with E-state index in [0.717, 1.165) is 5.69 Å². The van der Waals surface area contributed by atoms with Crippen LogP contribution in [0.5, 0.6) is 5.88 Å². The quantitative estimate of drug-likeness (QED) is 0.766. The molecule has 1 aromatic rings. The Bertz CT molecular complexity index is 441. The van der Waals surface area contributed by atoms with Gasteiger partial charge in [0.1, 0.15) is 9.84 Å². The van der Waals surface area contributed by atoms with Crippen LogP contribution < -0.4 is 4.74 Å². The molecule has 16 heavy (non-hydrogen) atoms. The minimum atomic E-state index is -2.81. The Kier molecular flexibility index (Phi) is 3.09. The predicted molar refractivity (Wildman–Crippen MR) is 59.2 cm³/mol. The first kappa shape index (κ1) is 11.3. The lowest BCUT2D eigenvalue weighted by Crippen LogP contribution is -2.22. The van der Waals surface area contributed by atoms with Gasteiger partial charge in [0, 0.05) is 12.0 Å². The number of nitrogens with zero attached hydrogens (tertiary/aromatic N) is 2. The number of methoxy groups -OCH3 is 1. The summed E-state index contributed by atoms with van der Waals surface area (Å²) in [7, 11) is -1.27. The van der Waals surface area contributed by atoms with Crippen LogP contribution in [0.25, 0.3) is 0 Å². The predicted octanol–water partition coefficient (Wildman–Crippen LogP) is 0.777. The summed E-state index contributed by atoms with van der Waals surface area (Å²) in [4.78, 5) is 0. The van der Waals surface area contributed by atoms with Crippen molar-refractivity contribution in [3.63, 3.8) is 0 Å². The molecule has 1 fully saturated rings. The van der Waals surface area contributed by atoms with Crippen LogP contribution in [0.1, 0.15) is 24.5 Å². The molecule has 1 aromatic heterocycles. The molecule has 0 bridgehead atoms. The monoisotopic (exact) mass is 242 g/mol. The number of rotatable bonds is 2. The largest absolute Gasteiger partial charge is 0.480 e. The normalized spacial score (nSPS) is 20.6. The lowest BCUT2D eigenvalue weighted by Gasteiger charge is -2.20. The molecule has 5 nitrogen and oxygen atoms in total. The first-order valence-corrected chi connectivity index (χ1v) is 7.01. The number of aromatic nitrogens is 2. The van der Waals surface area contributed by atoms with Crippen molar-refractivity contribution in [2.24, 2.45) is 0 Å². The molecule has 0 amide bonds. The molecular formula is C10H14N2O3S. The highest BCUT2D eigenvalue weighted by atomic mass is 32.2. The van der Waals surface area contributed by atoms with Crippen molar-refractivity contribution in [1.29, 1.82) is 0 Å². The second kappa shape index (κ2) is 4.37. The van der Waals surface area contributed by atoms with Crippen molar-refractivity contribution in [1.82, 2.24) is 10.2 Å². The molecule has 1 aliphatic rings. The highest BCUT2D eigenvalue weighted by molar-refractivity contribution is 7.91. The van der Waals surface area contributed by atoms with Crippen molar-refractivity contribution in [2.45, 2.75) is 18.8 Å². The Labute approximate surface area is 94.8 Å². The van der Waals surface area contributed by atoms with Gasteiger partial charge in [0.15, 0.2) is 0 Å². The Morgan fingerprint density at radius 2 is 1.94 bits per heavy atom. The Morgan fingerprint density at radius 1 is 1.25 bits per heavy atom. The third-order valence-corrected chi connectivity index (χ3v) is 4.56. The standard InChI is InChI=1S/C10H14N2O3S/c1-15-10-3-2-9(11-12-10)8-4-6-16(13,14)7-5-8/h2-3,8H,4-7H2,1H3. The summed E-state index contributed by atoms with van der Waals surface area (Å²) in [6.45, 7) is 0. The molecule has 1 aliphatic heterocycles. The van der Waals surface area contributed by atoms with Gasteiger partial charge in [-0.05, 0) is 18.9 Å². The fourth-order valence-electron chi connectivity index (χ4n) is 1.84. The third kappa shape index (κ3) is 2.49. The van der Waals surface area contributed by atoms with E-state index >= 15 is 0 Å². The van der Waals surface area contributed by atoms with Gasteiger partial charge in [0.05, 0.1) is 24.3 Å². The number of hydrogen-bond donors (Lipinski definition) is 0. The van der Waals surface area contributed by atoms with Crippen LogP contribution in [0, 0.1) is 0 Å². The molecule has 1 saturated heterocycles. The van der Waals surface area contributed by atoms with Crippen LogP contribution in [0.4, 0.5) is 0 Å². The van der Waals surface area contributed by atoms with E-state index in [1.165, 1.54) is 7.11 Å². The van der Waals surface area contributed by atoms with Gasteiger partial charge in [-0.1, -0.05) is 0 Å². The van der Waals surface area contributed by atoms with E-state index in [-0.39, 0.29) is 17.4 Å². The average Bonchev–Trinajstić information content (AvgIpc) is 2.29. The second-order valence-corrected chi connectivity index (χ2v) is 6.23. The molecular weight excluding hydrogens is 228 g/mol. The molecule has 6 heteroatoms. The van der Waals surface area contributed by atoms with Crippen LogP contribution in [0.2, 0.25) is 0 Å². The highest BCUT2D eigenvalue weighted by Crippen LogP contribution is 2.27. The summed E-state index contributed by atoms with van der Waals surface area (Å²) in [6.07, 6.45) is 1.28. The van der Waals surface area contributed by atoms with Crippen molar-refractivity contribution in [3.8, 4) is 5.88 Å². The molecule has 0 aromatic carbocycles. The smallest absolute Gasteiger partial charge is 0.233 e. The van der Waals surface area contributed by atoms with E-state index < -0.39 is 9.84 Å². The van der Waals surface area contributed by atoms with Gasteiger partial charge >= 0.3 is 0 Å². The Balaban J connectivity index is 2.08. The van der Waals surface area contributed by atoms with Crippen LogP contribution in [-0.4, -0.2) is 37.2 Å². The van der Waals surface area contributed by atoms with Gasteiger partial charge in [-0.3, -0.25) is 0 Å². The molecule has 0 N–H and O–H groups in total. The fourth-order valence-corrected chi connectivity index (χ4v) is 3.33. The zero-order chi connectivity index (χ0) is 11.6. The molecule has 88 valence electrons. The van der Waals surface area contributed by atoms with E-state index in [0.29, 0.717) is 18.7 Å². The summed E-state index contributed by atoms with van der Waals surface area (Å²) in [5, 5.41) is 7.94.